The molecule has 2 rings (SSSR count). The zero-order valence-corrected chi connectivity index (χ0v) is 8.72. The molecule has 6 heteroatoms. The highest BCUT2D eigenvalue weighted by Gasteiger charge is 2.29. The maximum atomic E-state index is 13.3. The van der Waals surface area contributed by atoms with Gasteiger partial charge in [-0.05, 0) is 30.4 Å². The number of hydrogen-bond donors (Lipinski definition) is 0. The first-order chi connectivity index (χ1) is 7.63. The molecule has 1 aromatic carbocycles. The second kappa shape index (κ2) is 4.05. The van der Waals surface area contributed by atoms with Gasteiger partial charge in [0, 0.05) is 12.1 Å². The van der Waals surface area contributed by atoms with Crippen molar-refractivity contribution in [2.75, 3.05) is 12.4 Å². The third-order valence-electron chi connectivity index (χ3n) is 2.59. The highest BCUT2D eigenvalue weighted by molar-refractivity contribution is 5.58. The van der Waals surface area contributed by atoms with Crippen molar-refractivity contribution in [2.45, 2.75) is 18.8 Å². The Morgan fingerprint density at radius 2 is 2.25 bits per heavy atom. The number of non-ortho nitro benzene ring substituents is 1. The Kier molecular flexibility index (Phi) is 2.74. The summed E-state index contributed by atoms with van der Waals surface area (Å²) in [5, 5.41) is 10.7. The van der Waals surface area contributed by atoms with Gasteiger partial charge in [0.25, 0.3) is 5.69 Å². The van der Waals surface area contributed by atoms with E-state index in [1.807, 2.05) is 0 Å². The largest absolute Gasteiger partial charge is 0.271 e. The van der Waals surface area contributed by atoms with Crippen LogP contribution in [-0.2, 0) is 4.84 Å². The Balaban J connectivity index is 2.41. The maximum absolute atomic E-state index is 13.3. The van der Waals surface area contributed by atoms with Gasteiger partial charge in [-0.2, -0.15) is 0 Å². The lowest BCUT2D eigenvalue weighted by molar-refractivity contribution is -0.384. The van der Waals surface area contributed by atoms with Gasteiger partial charge in [0.2, 0.25) is 0 Å². The van der Waals surface area contributed by atoms with Gasteiger partial charge in [-0.25, -0.2) is 4.84 Å². The topological polar surface area (TPSA) is 55.6 Å². The molecular weight excluding hydrogens is 215 g/mol. The number of nitro groups is 1. The van der Waals surface area contributed by atoms with Gasteiger partial charge in [0.1, 0.15) is 5.69 Å². The van der Waals surface area contributed by atoms with Gasteiger partial charge in [0.05, 0.1) is 12.0 Å². The molecule has 0 amide bonds. The Hall–Kier alpha value is -1.69. The van der Waals surface area contributed by atoms with Crippen LogP contribution < -0.4 is 5.29 Å². The molecule has 0 N–H and O–H groups in total. The van der Waals surface area contributed by atoms with Gasteiger partial charge in [-0.3, -0.25) is 10.1 Å². The molecule has 0 unspecified atom stereocenters. The number of nitrogens with zero attached hydrogens (tertiary/aromatic N) is 2. The van der Waals surface area contributed by atoms with Crippen molar-refractivity contribution in [1.82, 2.24) is 0 Å². The summed E-state index contributed by atoms with van der Waals surface area (Å²) in [6.07, 6.45) is 1.98. The number of hydrogen-bond acceptors (Lipinski definition) is 4. The van der Waals surface area contributed by atoms with Crippen LogP contribution in [0, 0.1) is 10.1 Å². The van der Waals surface area contributed by atoms with E-state index in [2.05, 4.69) is 4.84 Å². The van der Waals surface area contributed by atoms with Gasteiger partial charge in [-0.15, -0.1) is 0 Å². The van der Waals surface area contributed by atoms with Gasteiger partial charge in [0.15, 0.2) is 0 Å². The van der Waals surface area contributed by atoms with Crippen LogP contribution in [0.1, 0.15) is 24.3 Å². The van der Waals surface area contributed by atoms with Crippen LogP contribution in [0.25, 0.3) is 0 Å². The van der Waals surface area contributed by atoms with Crippen LogP contribution in [0.3, 0.4) is 0 Å². The normalized spacial score (nSPS) is 14.9. The van der Waals surface area contributed by atoms with E-state index in [4.69, 9.17) is 0 Å². The van der Waals surface area contributed by atoms with Gasteiger partial charge in [-0.1, -0.05) is 9.77 Å². The maximum Gasteiger partial charge on any atom is 0.271 e. The highest BCUT2D eigenvalue weighted by atomic mass is 19.2. The quantitative estimate of drug-likeness (QED) is 0.450. The van der Waals surface area contributed by atoms with E-state index in [1.165, 1.54) is 19.2 Å². The summed E-state index contributed by atoms with van der Waals surface area (Å²) in [4.78, 5) is 14.5. The summed E-state index contributed by atoms with van der Waals surface area (Å²) in [7, 11) is 1.18. The van der Waals surface area contributed by atoms with Crippen LogP contribution >= 0.6 is 0 Å². The monoisotopic (exact) mass is 226 g/mol. The molecule has 0 spiro atoms. The molecule has 0 atom stereocenters. The minimum absolute atomic E-state index is 0.0701. The average Bonchev–Trinajstić information content (AvgIpc) is 3.11. The fraction of sp³-hybridized carbons (Fsp3) is 0.400. The van der Waals surface area contributed by atoms with E-state index in [9.17, 15) is 14.6 Å². The number of halogens is 1. The first-order valence-corrected chi connectivity index (χ1v) is 4.92. The first-order valence-electron chi connectivity index (χ1n) is 4.92. The van der Waals surface area contributed by atoms with Crippen molar-refractivity contribution < 1.29 is 14.2 Å². The fourth-order valence-corrected chi connectivity index (χ4v) is 1.64. The number of nitro benzene ring substituents is 1. The van der Waals surface area contributed by atoms with Crippen molar-refractivity contribution in [1.29, 1.82) is 0 Å². The van der Waals surface area contributed by atoms with Gasteiger partial charge < -0.3 is 0 Å². The average molecular weight is 226 g/mol. The van der Waals surface area contributed by atoms with E-state index in [1.54, 1.807) is 6.07 Å². The number of anilines is 1. The summed E-state index contributed by atoms with van der Waals surface area (Å²) in [6, 6.07) is 4.18. The SMILES string of the molecule is CON(F)c1cc([N+](=O)[O-])ccc1C1CC1. The molecule has 0 aromatic heterocycles. The molecule has 16 heavy (non-hydrogen) atoms. The summed E-state index contributed by atoms with van der Waals surface area (Å²) in [5.74, 6) is 0.296. The molecule has 0 bridgehead atoms. The lowest BCUT2D eigenvalue weighted by Gasteiger charge is -2.14. The lowest BCUT2D eigenvalue weighted by Crippen LogP contribution is -2.11. The predicted octanol–water partition coefficient (Wildman–Crippen LogP) is 2.72. The molecule has 1 aliphatic carbocycles. The molecule has 1 saturated carbocycles. The van der Waals surface area contributed by atoms with Crippen molar-refractivity contribution in [2.24, 2.45) is 0 Å². The molecule has 0 heterocycles. The van der Waals surface area contributed by atoms with Crippen LogP contribution in [0.2, 0.25) is 0 Å². The Bertz CT molecular complexity index is 421. The van der Waals surface area contributed by atoms with E-state index in [0.29, 0.717) is 5.92 Å². The van der Waals surface area contributed by atoms with Crippen molar-refractivity contribution in [3.63, 3.8) is 0 Å². The van der Waals surface area contributed by atoms with E-state index < -0.39 is 4.92 Å². The van der Waals surface area contributed by atoms with E-state index >= 15 is 0 Å². The molecule has 1 aromatic rings. The lowest BCUT2D eigenvalue weighted by atomic mass is 10.1. The first kappa shape index (κ1) is 10.8. The standard InChI is InChI=1S/C10H11FN2O3/c1-16-12(11)10-6-8(13(14)15)4-5-9(10)7-2-3-7/h4-7H,2-3H2,1H3. The highest BCUT2D eigenvalue weighted by Crippen LogP contribution is 2.45. The summed E-state index contributed by atoms with van der Waals surface area (Å²) >= 11 is 0. The zero-order valence-electron chi connectivity index (χ0n) is 8.72. The van der Waals surface area contributed by atoms with Crippen LogP contribution in [0.5, 0.6) is 0 Å². The minimum atomic E-state index is -0.552. The van der Waals surface area contributed by atoms with Crippen molar-refractivity contribution >= 4 is 11.4 Å². The molecule has 0 radical (unpaired) electrons. The molecule has 5 nitrogen and oxygen atoms in total. The van der Waals surface area contributed by atoms with E-state index in [0.717, 1.165) is 18.4 Å². The summed E-state index contributed by atoms with van der Waals surface area (Å²) in [5.41, 5.74) is 0.744. The molecule has 0 aliphatic heterocycles. The third-order valence-corrected chi connectivity index (χ3v) is 2.59. The van der Waals surface area contributed by atoms with Crippen LogP contribution in [0.4, 0.5) is 15.9 Å². The zero-order chi connectivity index (χ0) is 11.7. The second-order valence-electron chi connectivity index (χ2n) is 3.70. The van der Waals surface area contributed by atoms with Crippen molar-refractivity contribution in [3.05, 3.63) is 33.9 Å². The molecule has 86 valence electrons. The Morgan fingerprint density at radius 1 is 1.56 bits per heavy atom. The van der Waals surface area contributed by atoms with Crippen LogP contribution in [-0.4, -0.2) is 12.0 Å². The number of rotatable bonds is 4. The molecule has 1 fully saturated rings. The molecule has 1 aliphatic rings. The van der Waals surface area contributed by atoms with Crippen LogP contribution in [0.15, 0.2) is 18.2 Å². The molecular formula is C10H11FN2O3. The predicted molar refractivity (Wildman–Crippen MR) is 55.7 cm³/mol. The Labute approximate surface area is 91.5 Å². The summed E-state index contributed by atoms with van der Waals surface area (Å²) in [6.45, 7) is 0. The van der Waals surface area contributed by atoms with E-state index in [-0.39, 0.29) is 16.7 Å². The fourth-order valence-electron chi connectivity index (χ4n) is 1.64. The second-order valence-corrected chi connectivity index (χ2v) is 3.70. The van der Waals surface area contributed by atoms with Gasteiger partial charge >= 0.3 is 0 Å². The smallest absolute Gasteiger partial charge is 0.258 e. The van der Waals surface area contributed by atoms with Crippen molar-refractivity contribution in [3.8, 4) is 0 Å². The minimum Gasteiger partial charge on any atom is -0.258 e. The Morgan fingerprint density at radius 3 is 2.75 bits per heavy atom. The molecule has 0 saturated heterocycles. The summed E-state index contributed by atoms with van der Waals surface area (Å²) < 4.78 is 13.3. The third kappa shape index (κ3) is 1.96. The number of benzene rings is 1.